The van der Waals surface area contributed by atoms with Crippen LogP contribution in [0.5, 0.6) is 0 Å². The van der Waals surface area contributed by atoms with Crippen LogP contribution in [0.4, 0.5) is 0 Å². The standard InChI is InChI=1S/C17H28N6O2/c1-12-7-21(8-13(2)25-12)10-16-18-19-20-23(16)11-17(24)22-9-14-4-3-5-15(22)6-14/h12-15H,3-11H2,1-2H3/t12-,13+,14-,15+/m1/s1. The van der Waals surface area contributed by atoms with Crippen molar-refractivity contribution in [2.45, 2.75) is 70.9 Å². The van der Waals surface area contributed by atoms with Gasteiger partial charge in [-0.2, -0.15) is 0 Å². The molecule has 1 saturated carbocycles. The zero-order valence-corrected chi connectivity index (χ0v) is 15.2. The number of rotatable bonds is 4. The summed E-state index contributed by atoms with van der Waals surface area (Å²) in [6.07, 6.45) is 5.26. The lowest BCUT2D eigenvalue weighted by atomic mass is 9.90. The number of fused-ring (bicyclic) bond motifs is 2. The molecule has 0 unspecified atom stereocenters. The Morgan fingerprint density at radius 3 is 2.76 bits per heavy atom. The monoisotopic (exact) mass is 348 g/mol. The first kappa shape index (κ1) is 16.9. The smallest absolute Gasteiger partial charge is 0.244 e. The van der Waals surface area contributed by atoms with E-state index in [0.29, 0.717) is 18.5 Å². The molecule has 4 rings (SSSR count). The number of carbonyl (C=O) groups is 1. The number of hydrogen-bond donors (Lipinski definition) is 0. The van der Waals surface area contributed by atoms with Crippen LogP contribution in [0.3, 0.4) is 0 Å². The van der Waals surface area contributed by atoms with E-state index in [4.69, 9.17) is 4.74 Å². The second-order valence-electron chi connectivity index (χ2n) is 7.94. The van der Waals surface area contributed by atoms with Crippen LogP contribution in [0.2, 0.25) is 0 Å². The predicted octanol–water partition coefficient (Wildman–Crippen LogP) is 0.683. The third-order valence-electron chi connectivity index (χ3n) is 5.72. The third kappa shape index (κ3) is 3.69. The molecule has 8 heteroatoms. The number of aromatic nitrogens is 4. The van der Waals surface area contributed by atoms with Crippen LogP contribution in [0.15, 0.2) is 0 Å². The Kier molecular flexibility index (Phi) is 4.73. The molecule has 2 saturated heterocycles. The van der Waals surface area contributed by atoms with E-state index in [1.54, 1.807) is 4.68 Å². The van der Waals surface area contributed by atoms with Gasteiger partial charge in [0.15, 0.2) is 5.82 Å². The van der Waals surface area contributed by atoms with E-state index in [1.807, 2.05) is 0 Å². The lowest BCUT2D eigenvalue weighted by Gasteiger charge is -2.34. The Hall–Kier alpha value is -1.54. The number of ether oxygens (including phenoxy) is 1. The molecule has 3 heterocycles. The fourth-order valence-corrected chi connectivity index (χ4v) is 4.74. The molecule has 0 spiro atoms. The first-order chi connectivity index (χ1) is 12.1. The molecule has 1 aliphatic carbocycles. The van der Waals surface area contributed by atoms with Crippen LogP contribution in [0.1, 0.15) is 45.4 Å². The van der Waals surface area contributed by atoms with E-state index in [9.17, 15) is 4.79 Å². The Bertz CT molecular complexity index is 610. The van der Waals surface area contributed by atoms with Crippen LogP contribution in [-0.4, -0.2) is 73.8 Å². The van der Waals surface area contributed by atoms with Gasteiger partial charge in [0.05, 0.1) is 18.8 Å². The summed E-state index contributed by atoms with van der Waals surface area (Å²) in [6, 6.07) is 0.437. The molecule has 2 bridgehead atoms. The quantitative estimate of drug-likeness (QED) is 0.797. The lowest BCUT2D eigenvalue weighted by molar-refractivity contribution is -0.133. The number of likely N-dealkylation sites (tertiary alicyclic amines) is 1. The molecule has 1 amide bonds. The van der Waals surface area contributed by atoms with Crippen molar-refractivity contribution in [3.63, 3.8) is 0 Å². The molecule has 0 aromatic carbocycles. The molecular weight excluding hydrogens is 320 g/mol. The van der Waals surface area contributed by atoms with Gasteiger partial charge in [0, 0.05) is 25.7 Å². The van der Waals surface area contributed by atoms with Gasteiger partial charge in [-0.25, -0.2) is 4.68 Å². The summed E-state index contributed by atoms with van der Waals surface area (Å²) in [5.41, 5.74) is 0. The van der Waals surface area contributed by atoms with Gasteiger partial charge in [0.1, 0.15) is 6.54 Å². The molecule has 1 aromatic rings. The Labute approximate surface area is 148 Å². The van der Waals surface area contributed by atoms with E-state index in [-0.39, 0.29) is 24.7 Å². The molecule has 8 nitrogen and oxygen atoms in total. The van der Waals surface area contributed by atoms with Gasteiger partial charge in [-0.15, -0.1) is 5.10 Å². The van der Waals surface area contributed by atoms with Crippen molar-refractivity contribution in [1.29, 1.82) is 0 Å². The Morgan fingerprint density at radius 1 is 1.20 bits per heavy atom. The van der Waals surface area contributed by atoms with Crippen molar-refractivity contribution < 1.29 is 9.53 Å². The van der Waals surface area contributed by atoms with Crippen molar-refractivity contribution in [2.24, 2.45) is 5.92 Å². The number of nitrogens with zero attached hydrogens (tertiary/aromatic N) is 6. The van der Waals surface area contributed by atoms with Gasteiger partial charge in [0.2, 0.25) is 5.91 Å². The van der Waals surface area contributed by atoms with Crippen molar-refractivity contribution in [3.8, 4) is 0 Å². The molecule has 0 radical (unpaired) electrons. The second-order valence-corrected chi connectivity index (χ2v) is 7.94. The molecular formula is C17H28N6O2. The van der Waals surface area contributed by atoms with Gasteiger partial charge in [-0.05, 0) is 49.5 Å². The molecule has 3 aliphatic rings. The molecule has 138 valence electrons. The zero-order valence-electron chi connectivity index (χ0n) is 15.2. The van der Waals surface area contributed by atoms with Crippen LogP contribution in [-0.2, 0) is 22.6 Å². The highest BCUT2D eigenvalue weighted by Crippen LogP contribution is 2.35. The number of hydrogen-bond acceptors (Lipinski definition) is 6. The minimum atomic E-state index is 0.159. The van der Waals surface area contributed by atoms with E-state index in [0.717, 1.165) is 31.9 Å². The van der Waals surface area contributed by atoms with E-state index in [1.165, 1.54) is 19.3 Å². The Balaban J connectivity index is 1.39. The number of amides is 1. The number of carbonyl (C=O) groups excluding carboxylic acids is 1. The maximum atomic E-state index is 12.8. The summed E-state index contributed by atoms with van der Waals surface area (Å²) in [4.78, 5) is 17.2. The summed E-state index contributed by atoms with van der Waals surface area (Å²) >= 11 is 0. The molecule has 2 aliphatic heterocycles. The van der Waals surface area contributed by atoms with E-state index < -0.39 is 0 Å². The lowest BCUT2D eigenvalue weighted by Crippen LogP contribution is -2.45. The van der Waals surface area contributed by atoms with Crippen molar-refractivity contribution in [1.82, 2.24) is 30.0 Å². The maximum absolute atomic E-state index is 12.8. The SMILES string of the molecule is C[C@@H]1CN(Cc2nnnn2CC(=O)N2C[C@@H]3CCC[C@H]2C3)C[C@H](C)O1. The Morgan fingerprint density at radius 2 is 2.00 bits per heavy atom. The van der Waals surface area contributed by atoms with E-state index in [2.05, 4.69) is 39.2 Å². The molecule has 4 atom stereocenters. The summed E-state index contributed by atoms with van der Waals surface area (Å²) in [5.74, 6) is 1.62. The summed E-state index contributed by atoms with van der Waals surface area (Å²) in [5, 5.41) is 12.0. The van der Waals surface area contributed by atoms with Crippen molar-refractivity contribution in [3.05, 3.63) is 5.82 Å². The average molecular weight is 348 g/mol. The largest absolute Gasteiger partial charge is 0.373 e. The fraction of sp³-hybridized carbons (Fsp3) is 0.882. The highest BCUT2D eigenvalue weighted by Gasteiger charge is 2.37. The summed E-state index contributed by atoms with van der Waals surface area (Å²) < 4.78 is 7.45. The van der Waals surface area contributed by atoms with Crippen molar-refractivity contribution >= 4 is 5.91 Å². The van der Waals surface area contributed by atoms with Gasteiger partial charge in [-0.1, -0.05) is 6.42 Å². The fourth-order valence-electron chi connectivity index (χ4n) is 4.74. The van der Waals surface area contributed by atoms with Crippen LogP contribution in [0, 0.1) is 5.92 Å². The molecule has 0 N–H and O–H groups in total. The zero-order chi connectivity index (χ0) is 17.4. The minimum absolute atomic E-state index is 0.159. The van der Waals surface area contributed by atoms with E-state index >= 15 is 0 Å². The van der Waals surface area contributed by atoms with Gasteiger partial charge >= 0.3 is 0 Å². The van der Waals surface area contributed by atoms with Crippen LogP contribution < -0.4 is 0 Å². The highest BCUT2D eigenvalue weighted by molar-refractivity contribution is 5.76. The average Bonchev–Trinajstić information content (AvgIpc) is 3.10. The van der Waals surface area contributed by atoms with Gasteiger partial charge < -0.3 is 9.64 Å². The normalized spacial score (nSPS) is 33.0. The van der Waals surface area contributed by atoms with Crippen molar-refractivity contribution in [2.75, 3.05) is 19.6 Å². The number of tetrazole rings is 1. The topological polar surface area (TPSA) is 76.4 Å². The predicted molar refractivity (Wildman–Crippen MR) is 90.6 cm³/mol. The second kappa shape index (κ2) is 6.99. The van der Waals surface area contributed by atoms with Gasteiger partial charge in [-0.3, -0.25) is 9.69 Å². The maximum Gasteiger partial charge on any atom is 0.244 e. The first-order valence-electron chi connectivity index (χ1n) is 9.51. The van der Waals surface area contributed by atoms with Crippen LogP contribution >= 0.6 is 0 Å². The summed E-state index contributed by atoms with van der Waals surface area (Å²) in [7, 11) is 0. The van der Waals surface area contributed by atoms with Crippen LogP contribution in [0.25, 0.3) is 0 Å². The minimum Gasteiger partial charge on any atom is -0.373 e. The van der Waals surface area contributed by atoms with Gasteiger partial charge in [0.25, 0.3) is 0 Å². The number of morpholine rings is 1. The highest BCUT2D eigenvalue weighted by atomic mass is 16.5. The first-order valence-corrected chi connectivity index (χ1v) is 9.51. The third-order valence-corrected chi connectivity index (χ3v) is 5.72. The molecule has 3 fully saturated rings. The summed E-state index contributed by atoms with van der Waals surface area (Å²) in [6.45, 7) is 7.72. The molecule has 25 heavy (non-hydrogen) atoms. The molecule has 1 aromatic heterocycles.